The number of hydrogen-bond acceptors (Lipinski definition) is 3. The fourth-order valence-corrected chi connectivity index (χ4v) is 2.04. The lowest BCUT2D eigenvalue weighted by atomic mass is 10.1. The summed E-state index contributed by atoms with van der Waals surface area (Å²) in [4.78, 5) is 4.32. The molecule has 3 nitrogen and oxygen atoms in total. The number of fused-ring (bicyclic) bond motifs is 1. The van der Waals surface area contributed by atoms with Gasteiger partial charge in [0.2, 0.25) is 5.89 Å². The van der Waals surface area contributed by atoms with E-state index >= 15 is 0 Å². The van der Waals surface area contributed by atoms with Crippen LogP contribution in [-0.4, -0.2) is 11.1 Å². The number of ether oxygens (including phenoxy) is 1. The van der Waals surface area contributed by atoms with Crippen LogP contribution in [0.4, 0.5) is 0 Å². The van der Waals surface area contributed by atoms with Crippen LogP contribution < -0.4 is 4.74 Å². The van der Waals surface area contributed by atoms with Gasteiger partial charge in [-0.15, -0.1) is 0 Å². The predicted molar refractivity (Wildman–Crippen MR) is 60.5 cm³/mol. The number of rotatable bonds is 1. The van der Waals surface area contributed by atoms with Crippen molar-refractivity contribution in [2.45, 2.75) is 26.4 Å². The molecule has 2 aromatic rings. The van der Waals surface area contributed by atoms with E-state index in [2.05, 4.69) is 18.0 Å². The van der Waals surface area contributed by atoms with Gasteiger partial charge in [-0.1, -0.05) is 0 Å². The molecule has 0 amide bonds. The standard InChI is InChI=1S/C13H13NO2/c1-8-7-15-13(14-8)10-3-4-12-11(6-10)5-9(2)16-12/h3-4,6-7,9H,5H2,1-2H3. The van der Waals surface area contributed by atoms with Gasteiger partial charge in [-0.25, -0.2) is 4.98 Å². The molecule has 16 heavy (non-hydrogen) atoms. The molecule has 3 rings (SSSR count). The first kappa shape index (κ1) is 9.46. The SMILES string of the molecule is Cc1coc(-c2ccc3c(c2)CC(C)O3)n1. The molecule has 0 fully saturated rings. The molecule has 82 valence electrons. The van der Waals surface area contributed by atoms with E-state index in [4.69, 9.17) is 9.15 Å². The molecule has 0 radical (unpaired) electrons. The van der Waals surface area contributed by atoms with Gasteiger partial charge in [0.1, 0.15) is 18.1 Å². The summed E-state index contributed by atoms with van der Waals surface area (Å²) in [6.07, 6.45) is 2.90. The van der Waals surface area contributed by atoms with Crippen LogP contribution >= 0.6 is 0 Å². The van der Waals surface area contributed by atoms with Crippen LogP contribution in [0, 0.1) is 6.92 Å². The Morgan fingerprint density at radius 3 is 3.00 bits per heavy atom. The number of nitrogens with zero attached hydrogens (tertiary/aromatic N) is 1. The number of aryl methyl sites for hydroxylation is 1. The fraction of sp³-hybridized carbons (Fsp3) is 0.308. The zero-order chi connectivity index (χ0) is 11.1. The monoisotopic (exact) mass is 215 g/mol. The first-order valence-corrected chi connectivity index (χ1v) is 5.44. The molecule has 1 aromatic heterocycles. The average Bonchev–Trinajstić information content (AvgIpc) is 2.81. The van der Waals surface area contributed by atoms with Gasteiger partial charge in [0.15, 0.2) is 0 Å². The molecule has 0 saturated heterocycles. The van der Waals surface area contributed by atoms with Crippen LogP contribution in [0.5, 0.6) is 5.75 Å². The summed E-state index contributed by atoms with van der Waals surface area (Å²) < 4.78 is 11.0. The van der Waals surface area contributed by atoms with Gasteiger partial charge < -0.3 is 9.15 Å². The van der Waals surface area contributed by atoms with E-state index in [0.717, 1.165) is 23.4 Å². The van der Waals surface area contributed by atoms with E-state index in [1.807, 2.05) is 19.1 Å². The molecule has 3 heteroatoms. The molecule has 1 aromatic carbocycles. The maximum Gasteiger partial charge on any atom is 0.226 e. The van der Waals surface area contributed by atoms with Crippen LogP contribution in [0.2, 0.25) is 0 Å². The van der Waals surface area contributed by atoms with Gasteiger partial charge in [-0.3, -0.25) is 0 Å². The summed E-state index contributed by atoms with van der Waals surface area (Å²) >= 11 is 0. The number of oxazole rings is 1. The zero-order valence-electron chi connectivity index (χ0n) is 9.36. The van der Waals surface area contributed by atoms with Crippen molar-refractivity contribution in [1.82, 2.24) is 4.98 Å². The number of aromatic nitrogens is 1. The highest BCUT2D eigenvalue weighted by molar-refractivity contribution is 5.58. The van der Waals surface area contributed by atoms with Crippen LogP contribution in [0.1, 0.15) is 18.2 Å². The summed E-state index contributed by atoms with van der Waals surface area (Å²) in [5.74, 6) is 1.67. The highest BCUT2D eigenvalue weighted by atomic mass is 16.5. The number of hydrogen-bond donors (Lipinski definition) is 0. The Hall–Kier alpha value is -1.77. The summed E-state index contributed by atoms with van der Waals surface area (Å²) in [5.41, 5.74) is 3.16. The molecule has 0 spiro atoms. The summed E-state index contributed by atoms with van der Waals surface area (Å²) in [6, 6.07) is 6.08. The van der Waals surface area contributed by atoms with Crippen LogP contribution in [0.3, 0.4) is 0 Å². The van der Waals surface area contributed by atoms with E-state index in [1.165, 1.54) is 5.56 Å². The van der Waals surface area contributed by atoms with Gasteiger partial charge in [-0.2, -0.15) is 0 Å². The largest absolute Gasteiger partial charge is 0.490 e. The zero-order valence-corrected chi connectivity index (χ0v) is 9.36. The van der Waals surface area contributed by atoms with Gasteiger partial charge >= 0.3 is 0 Å². The van der Waals surface area contributed by atoms with Gasteiger partial charge in [0.25, 0.3) is 0 Å². The van der Waals surface area contributed by atoms with E-state index in [0.29, 0.717) is 5.89 Å². The lowest BCUT2D eigenvalue weighted by Crippen LogP contribution is -2.05. The third-order valence-corrected chi connectivity index (χ3v) is 2.76. The van der Waals surface area contributed by atoms with Crippen LogP contribution in [0.25, 0.3) is 11.5 Å². The minimum absolute atomic E-state index is 0.275. The molecule has 1 unspecified atom stereocenters. The van der Waals surface area contributed by atoms with Crippen LogP contribution in [-0.2, 0) is 6.42 Å². The third kappa shape index (κ3) is 1.48. The van der Waals surface area contributed by atoms with Gasteiger partial charge in [-0.05, 0) is 37.6 Å². The van der Waals surface area contributed by atoms with Crippen LogP contribution in [0.15, 0.2) is 28.9 Å². The van der Waals surface area contributed by atoms with Crippen molar-refractivity contribution in [3.05, 3.63) is 35.7 Å². The summed E-state index contributed by atoms with van der Waals surface area (Å²) in [6.45, 7) is 4.00. The topological polar surface area (TPSA) is 35.3 Å². The molecule has 0 saturated carbocycles. The maximum atomic E-state index is 5.65. The van der Waals surface area contributed by atoms with Gasteiger partial charge in [0, 0.05) is 12.0 Å². The van der Waals surface area contributed by atoms with Crippen molar-refractivity contribution in [3.63, 3.8) is 0 Å². The minimum atomic E-state index is 0.275. The van der Waals surface area contributed by atoms with E-state index < -0.39 is 0 Å². The molecule has 1 atom stereocenters. The molecule has 1 aliphatic rings. The predicted octanol–water partition coefficient (Wildman–Crippen LogP) is 2.97. The summed E-state index contributed by atoms with van der Waals surface area (Å²) in [5, 5.41) is 0. The molecular weight excluding hydrogens is 202 g/mol. The number of benzene rings is 1. The second kappa shape index (κ2) is 3.37. The molecule has 1 aliphatic heterocycles. The van der Waals surface area contributed by atoms with Crippen molar-refractivity contribution >= 4 is 0 Å². The smallest absolute Gasteiger partial charge is 0.226 e. The highest BCUT2D eigenvalue weighted by Gasteiger charge is 2.19. The Balaban J connectivity index is 2.02. The third-order valence-electron chi connectivity index (χ3n) is 2.76. The average molecular weight is 215 g/mol. The Bertz CT molecular complexity index is 530. The van der Waals surface area contributed by atoms with Gasteiger partial charge in [0.05, 0.1) is 5.69 Å². The van der Waals surface area contributed by atoms with Crippen molar-refractivity contribution in [2.24, 2.45) is 0 Å². The summed E-state index contributed by atoms with van der Waals surface area (Å²) in [7, 11) is 0. The fourth-order valence-electron chi connectivity index (χ4n) is 2.04. The Kier molecular flexibility index (Phi) is 1.99. The Morgan fingerprint density at radius 1 is 1.38 bits per heavy atom. The molecular formula is C13H13NO2. The maximum absolute atomic E-state index is 5.65. The Labute approximate surface area is 94.1 Å². The van der Waals surface area contributed by atoms with E-state index in [9.17, 15) is 0 Å². The molecule has 2 heterocycles. The molecule has 0 bridgehead atoms. The molecule has 0 N–H and O–H groups in total. The Morgan fingerprint density at radius 2 is 2.25 bits per heavy atom. The second-order valence-corrected chi connectivity index (χ2v) is 4.25. The first-order valence-electron chi connectivity index (χ1n) is 5.44. The minimum Gasteiger partial charge on any atom is -0.490 e. The van der Waals surface area contributed by atoms with Crippen molar-refractivity contribution in [3.8, 4) is 17.2 Å². The normalized spacial score (nSPS) is 18.2. The van der Waals surface area contributed by atoms with Crippen molar-refractivity contribution in [1.29, 1.82) is 0 Å². The highest BCUT2D eigenvalue weighted by Crippen LogP contribution is 2.32. The quantitative estimate of drug-likeness (QED) is 0.733. The first-order chi connectivity index (χ1) is 7.72. The van der Waals surface area contributed by atoms with Crippen molar-refractivity contribution < 1.29 is 9.15 Å². The van der Waals surface area contributed by atoms with E-state index in [1.54, 1.807) is 6.26 Å². The lowest BCUT2D eigenvalue weighted by Gasteiger charge is -2.02. The second-order valence-electron chi connectivity index (χ2n) is 4.25. The lowest BCUT2D eigenvalue weighted by molar-refractivity contribution is 0.254. The van der Waals surface area contributed by atoms with E-state index in [-0.39, 0.29) is 6.10 Å². The molecule has 0 aliphatic carbocycles. The van der Waals surface area contributed by atoms with Crippen molar-refractivity contribution in [2.75, 3.05) is 0 Å².